The Balaban J connectivity index is 2.15. The molecule has 1 aliphatic heterocycles. The average Bonchev–Trinajstić information content (AvgIpc) is 3.14. The highest BCUT2D eigenvalue weighted by Crippen LogP contribution is 2.27. The summed E-state index contributed by atoms with van der Waals surface area (Å²) in [6.07, 6.45) is 2.12. The van der Waals surface area contributed by atoms with Gasteiger partial charge in [0.05, 0.1) is 18.2 Å². The highest BCUT2D eigenvalue weighted by Gasteiger charge is 2.38. The molecular weight excluding hydrogens is 300 g/mol. The first-order valence-corrected chi connectivity index (χ1v) is 8.02. The van der Waals surface area contributed by atoms with Crippen LogP contribution in [0.3, 0.4) is 0 Å². The van der Waals surface area contributed by atoms with Gasteiger partial charge in [-0.05, 0) is 19.3 Å². The van der Waals surface area contributed by atoms with E-state index in [-0.39, 0.29) is 36.2 Å². The third-order valence-electron chi connectivity index (χ3n) is 4.52. The number of hydrogen-bond donors (Lipinski definition) is 1. The van der Waals surface area contributed by atoms with Gasteiger partial charge in [-0.15, -0.1) is 0 Å². The largest absolute Gasteiger partial charge is 0.481 e. The van der Waals surface area contributed by atoms with E-state index in [1.807, 2.05) is 0 Å². The van der Waals surface area contributed by atoms with Crippen molar-refractivity contribution in [1.29, 1.82) is 0 Å². The molecule has 1 aliphatic rings. The maximum absolute atomic E-state index is 12.7. The van der Waals surface area contributed by atoms with Gasteiger partial charge in [-0.2, -0.15) is 0 Å². The summed E-state index contributed by atoms with van der Waals surface area (Å²) in [6, 6.07) is 1.30. The van der Waals surface area contributed by atoms with Crippen molar-refractivity contribution in [2.75, 3.05) is 13.7 Å². The molecule has 7 heteroatoms. The van der Waals surface area contributed by atoms with Gasteiger partial charge in [-0.3, -0.25) is 9.59 Å². The Bertz CT molecular complexity index is 552. The van der Waals surface area contributed by atoms with Gasteiger partial charge < -0.3 is 19.3 Å². The number of carboxylic acids is 1. The SMILES string of the molecule is CCC(CC)c1cc(C(=O)N2CC(OC)CC2CC(=O)O)on1. The van der Waals surface area contributed by atoms with E-state index in [9.17, 15) is 9.59 Å². The number of hydrogen-bond acceptors (Lipinski definition) is 5. The minimum absolute atomic E-state index is 0.0981. The zero-order valence-electron chi connectivity index (χ0n) is 13.8. The van der Waals surface area contributed by atoms with E-state index in [4.69, 9.17) is 14.4 Å². The number of rotatable bonds is 7. The minimum atomic E-state index is -0.931. The van der Waals surface area contributed by atoms with E-state index >= 15 is 0 Å². The first kappa shape index (κ1) is 17.5. The molecule has 0 aromatic carbocycles. The summed E-state index contributed by atoms with van der Waals surface area (Å²) in [5.74, 6) is -0.820. The fourth-order valence-electron chi connectivity index (χ4n) is 3.12. The molecule has 2 heterocycles. The molecule has 1 aromatic heterocycles. The van der Waals surface area contributed by atoms with Gasteiger partial charge >= 0.3 is 5.97 Å². The molecular formula is C16H24N2O5. The van der Waals surface area contributed by atoms with Gasteiger partial charge in [0, 0.05) is 31.7 Å². The second kappa shape index (κ2) is 7.59. The Morgan fingerprint density at radius 3 is 2.74 bits per heavy atom. The van der Waals surface area contributed by atoms with Crippen molar-refractivity contribution >= 4 is 11.9 Å². The molecule has 128 valence electrons. The number of methoxy groups -OCH3 is 1. The lowest BCUT2D eigenvalue weighted by molar-refractivity contribution is -0.138. The molecule has 2 unspecified atom stereocenters. The number of ether oxygens (including phenoxy) is 1. The van der Waals surface area contributed by atoms with E-state index in [0.29, 0.717) is 13.0 Å². The fraction of sp³-hybridized carbons (Fsp3) is 0.688. The van der Waals surface area contributed by atoms with Crippen LogP contribution in [0.25, 0.3) is 0 Å². The van der Waals surface area contributed by atoms with Crippen LogP contribution >= 0.6 is 0 Å². The van der Waals surface area contributed by atoms with Gasteiger partial charge in [0.1, 0.15) is 0 Å². The molecule has 1 amide bonds. The third-order valence-corrected chi connectivity index (χ3v) is 4.52. The summed E-state index contributed by atoms with van der Waals surface area (Å²) in [5.41, 5.74) is 0.774. The van der Waals surface area contributed by atoms with Crippen molar-refractivity contribution in [3.63, 3.8) is 0 Å². The highest BCUT2D eigenvalue weighted by molar-refractivity contribution is 5.92. The number of nitrogens with zero attached hydrogens (tertiary/aromatic N) is 2. The van der Waals surface area contributed by atoms with Crippen LogP contribution in [0.2, 0.25) is 0 Å². The van der Waals surface area contributed by atoms with Crippen LogP contribution in [0.5, 0.6) is 0 Å². The van der Waals surface area contributed by atoms with E-state index in [1.165, 1.54) is 4.90 Å². The topological polar surface area (TPSA) is 92.9 Å². The standard InChI is InChI=1S/C16H24N2O5/c1-4-10(5-2)13-8-14(23-17-13)16(21)18-9-12(22-3)6-11(18)7-15(19)20/h8,10-12H,4-7,9H2,1-3H3,(H,19,20). The molecule has 1 saturated heterocycles. The third kappa shape index (κ3) is 3.90. The molecule has 2 atom stereocenters. The normalized spacial score (nSPS) is 21.1. The minimum Gasteiger partial charge on any atom is -0.481 e. The van der Waals surface area contributed by atoms with E-state index in [2.05, 4.69) is 19.0 Å². The lowest BCUT2D eigenvalue weighted by atomic mass is 9.99. The molecule has 0 bridgehead atoms. The summed E-state index contributed by atoms with van der Waals surface area (Å²) in [7, 11) is 1.57. The summed E-state index contributed by atoms with van der Waals surface area (Å²) < 4.78 is 10.5. The predicted molar refractivity (Wildman–Crippen MR) is 82.3 cm³/mol. The van der Waals surface area contributed by atoms with Crippen LogP contribution in [0.4, 0.5) is 0 Å². The zero-order chi connectivity index (χ0) is 17.0. The Morgan fingerprint density at radius 1 is 1.48 bits per heavy atom. The van der Waals surface area contributed by atoms with Crippen LogP contribution in [-0.2, 0) is 9.53 Å². The Kier molecular flexibility index (Phi) is 5.76. The van der Waals surface area contributed by atoms with Gasteiger partial charge in [0.2, 0.25) is 5.76 Å². The summed E-state index contributed by atoms with van der Waals surface area (Å²) >= 11 is 0. The number of likely N-dealkylation sites (tertiary alicyclic amines) is 1. The number of carbonyl (C=O) groups is 2. The summed E-state index contributed by atoms with van der Waals surface area (Å²) in [4.78, 5) is 25.2. The molecule has 0 spiro atoms. The lowest BCUT2D eigenvalue weighted by Crippen LogP contribution is -2.37. The Morgan fingerprint density at radius 2 is 2.17 bits per heavy atom. The van der Waals surface area contributed by atoms with E-state index in [1.54, 1.807) is 13.2 Å². The summed E-state index contributed by atoms with van der Waals surface area (Å²) in [6.45, 7) is 4.50. The van der Waals surface area contributed by atoms with Crippen molar-refractivity contribution in [3.05, 3.63) is 17.5 Å². The van der Waals surface area contributed by atoms with E-state index < -0.39 is 5.97 Å². The maximum Gasteiger partial charge on any atom is 0.305 e. The van der Waals surface area contributed by atoms with Crippen LogP contribution in [0.15, 0.2) is 10.6 Å². The molecule has 0 aliphatic carbocycles. The molecule has 7 nitrogen and oxygen atoms in total. The van der Waals surface area contributed by atoms with Gasteiger partial charge in [0.25, 0.3) is 5.91 Å². The Hall–Kier alpha value is -1.89. The van der Waals surface area contributed by atoms with Gasteiger partial charge in [0.15, 0.2) is 0 Å². The molecule has 1 N–H and O–H groups in total. The lowest BCUT2D eigenvalue weighted by Gasteiger charge is -2.21. The fourth-order valence-corrected chi connectivity index (χ4v) is 3.12. The van der Waals surface area contributed by atoms with Crippen molar-refractivity contribution in [1.82, 2.24) is 10.1 Å². The number of amides is 1. The monoisotopic (exact) mass is 324 g/mol. The van der Waals surface area contributed by atoms with Gasteiger partial charge in [-0.1, -0.05) is 19.0 Å². The van der Waals surface area contributed by atoms with E-state index in [0.717, 1.165) is 18.5 Å². The molecule has 0 radical (unpaired) electrons. The molecule has 1 fully saturated rings. The second-order valence-electron chi connectivity index (χ2n) is 5.93. The first-order chi connectivity index (χ1) is 11.0. The van der Waals surface area contributed by atoms with Gasteiger partial charge in [-0.25, -0.2) is 0 Å². The number of carbonyl (C=O) groups excluding carboxylic acids is 1. The number of carboxylic acid groups (broad SMARTS) is 1. The predicted octanol–water partition coefficient (Wildman–Crippen LogP) is 2.28. The number of aliphatic carboxylic acids is 1. The zero-order valence-corrected chi connectivity index (χ0v) is 13.8. The van der Waals surface area contributed by atoms with Crippen LogP contribution in [0, 0.1) is 0 Å². The van der Waals surface area contributed by atoms with Crippen molar-refractivity contribution in [3.8, 4) is 0 Å². The molecule has 1 aromatic rings. The molecule has 23 heavy (non-hydrogen) atoms. The molecule has 2 rings (SSSR count). The summed E-state index contributed by atoms with van der Waals surface area (Å²) in [5, 5.41) is 13.0. The van der Waals surface area contributed by atoms with Crippen molar-refractivity contribution < 1.29 is 24.0 Å². The van der Waals surface area contributed by atoms with Crippen LogP contribution < -0.4 is 0 Å². The molecule has 0 saturated carbocycles. The Labute approximate surface area is 135 Å². The van der Waals surface area contributed by atoms with Crippen LogP contribution in [-0.4, -0.2) is 52.8 Å². The highest BCUT2D eigenvalue weighted by atomic mass is 16.5. The first-order valence-electron chi connectivity index (χ1n) is 8.02. The smallest absolute Gasteiger partial charge is 0.305 e. The quantitative estimate of drug-likeness (QED) is 0.827. The van der Waals surface area contributed by atoms with Crippen molar-refractivity contribution in [2.45, 2.75) is 57.6 Å². The van der Waals surface area contributed by atoms with Crippen molar-refractivity contribution in [2.24, 2.45) is 0 Å². The van der Waals surface area contributed by atoms with Crippen LogP contribution in [0.1, 0.15) is 61.7 Å². The second-order valence-corrected chi connectivity index (χ2v) is 5.93. The number of aromatic nitrogens is 1. The average molecular weight is 324 g/mol. The maximum atomic E-state index is 12.7.